The van der Waals surface area contributed by atoms with Crippen molar-refractivity contribution in [1.29, 1.82) is 0 Å². The van der Waals surface area contributed by atoms with E-state index in [1.807, 2.05) is 36.6 Å². The number of carbonyl (C=O) groups excluding carboxylic acids is 3. The Kier molecular flexibility index (Phi) is 13.9. The smallest absolute Gasteiger partial charge is 0.326 e. The second kappa shape index (κ2) is 16.1. The highest BCUT2D eigenvalue weighted by Gasteiger charge is 2.28. The van der Waals surface area contributed by atoms with Crippen molar-refractivity contribution in [2.45, 2.75) is 63.2 Å². The lowest BCUT2D eigenvalue weighted by Gasteiger charge is -2.23. The maximum Gasteiger partial charge on any atom is 0.326 e. The number of amides is 3. The van der Waals surface area contributed by atoms with Gasteiger partial charge in [0.1, 0.15) is 18.1 Å². The summed E-state index contributed by atoms with van der Waals surface area (Å²) >= 11 is 1.49. The molecule has 0 aliphatic carbocycles. The highest BCUT2D eigenvalue weighted by Crippen LogP contribution is 2.06. The number of nitrogens with two attached hydrogens (primary N) is 2. The number of rotatable bonds is 16. The van der Waals surface area contributed by atoms with Crippen LogP contribution >= 0.6 is 11.8 Å². The van der Waals surface area contributed by atoms with Crippen molar-refractivity contribution in [2.75, 3.05) is 18.6 Å². The number of nitrogens with one attached hydrogen (secondary N) is 3. The molecule has 11 heteroatoms. The van der Waals surface area contributed by atoms with Crippen LogP contribution in [0.15, 0.2) is 30.3 Å². The SMILES string of the molecule is CSCCC(NC(=O)C(C)NC(=O)C(N)Cc1ccccc1)C(=O)NC(CCCCN)C(=O)O. The number of benzene rings is 1. The summed E-state index contributed by atoms with van der Waals surface area (Å²) in [7, 11) is 0. The van der Waals surface area contributed by atoms with E-state index in [9.17, 15) is 24.3 Å². The lowest BCUT2D eigenvalue weighted by Crippen LogP contribution is -2.56. The number of hydrogen-bond donors (Lipinski definition) is 6. The molecule has 0 aromatic heterocycles. The Morgan fingerprint density at radius 3 is 2.18 bits per heavy atom. The molecule has 0 aliphatic heterocycles. The van der Waals surface area contributed by atoms with E-state index >= 15 is 0 Å². The number of aliphatic carboxylic acids is 1. The second-order valence-corrected chi connectivity index (χ2v) is 9.04. The van der Waals surface area contributed by atoms with E-state index in [2.05, 4.69) is 16.0 Å². The minimum Gasteiger partial charge on any atom is -0.480 e. The van der Waals surface area contributed by atoms with Gasteiger partial charge in [0.05, 0.1) is 6.04 Å². The van der Waals surface area contributed by atoms with Crippen LogP contribution in [0.2, 0.25) is 0 Å². The molecule has 0 saturated heterocycles. The van der Waals surface area contributed by atoms with E-state index in [0.29, 0.717) is 38.0 Å². The molecule has 1 rings (SSSR count). The van der Waals surface area contributed by atoms with E-state index in [0.717, 1.165) is 5.56 Å². The number of thioether (sulfide) groups is 1. The van der Waals surface area contributed by atoms with Crippen LogP contribution in [0.4, 0.5) is 0 Å². The Morgan fingerprint density at radius 2 is 1.59 bits per heavy atom. The average Bonchev–Trinajstić information content (AvgIpc) is 2.81. The first kappa shape index (κ1) is 29.4. The topological polar surface area (TPSA) is 177 Å². The Balaban J connectivity index is 2.70. The van der Waals surface area contributed by atoms with Crippen molar-refractivity contribution >= 4 is 35.5 Å². The predicted molar refractivity (Wildman–Crippen MR) is 133 cm³/mol. The fraction of sp³-hybridized carbons (Fsp3) is 0.565. The molecule has 0 spiro atoms. The van der Waals surface area contributed by atoms with Gasteiger partial charge in [-0.1, -0.05) is 30.3 Å². The zero-order chi connectivity index (χ0) is 25.5. The molecule has 1 aromatic rings. The molecule has 4 atom stereocenters. The number of carboxylic acids is 1. The molecule has 3 amide bonds. The van der Waals surface area contributed by atoms with Crippen molar-refractivity contribution < 1.29 is 24.3 Å². The molecule has 190 valence electrons. The van der Waals surface area contributed by atoms with Crippen molar-refractivity contribution in [3.8, 4) is 0 Å². The average molecular weight is 496 g/mol. The van der Waals surface area contributed by atoms with Gasteiger partial charge in [-0.3, -0.25) is 14.4 Å². The largest absolute Gasteiger partial charge is 0.480 e. The summed E-state index contributed by atoms with van der Waals surface area (Å²) in [5, 5.41) is 17.1. The number of hydrogen-bond acceptors (Lipinski definition) is 7. The van der Waals surface area contributed by atoms with Crippen LogP contribution in [-0.2, 0) is 25.6 Å². The van der Waals surface area contributed by atoms with Gasteiger partial charge in [-0.05, 0) is 63.1 Å². The number of unbranched alkanes of at least 4 members (excludes halogenated alkanes) is 1. The molecule has 34 heavy (non-hydrogen) atoms. The van der Waals surface area contributed by atoms with Gasteiger partial charge >= 0.3 is 5.97 Å². The predicted octanol–water partition coefficient (Wildman–Crippen LogP) is -0.00260. The molecule has 0 aliphatic rings. The molecule has 4 unspecified atom stereocenters. The minimum absolute atomic E-state index is 0.243. The Morgan fingerprint density at radius 1 is 0.941 bits per heavy atom. The van der Waals surface area contributed by atoms with Crippen LogP contribution in [0.25, 0.3) is 0 Å². The summed E-state index contributed by atoms with van der Waals surface area (Å²) in [5.41, 5.74) is 12.3. The molecular weight excluding hydrogens is 458 g/mol. The highest BCUT2D eigenvalue weighted by atomic mass is 32.2. The van der Waals surface area contributed by atoms with Gasteiger partial charge in [-0.25, -0.2) is 4.79 Å². The maximum atomic E-state index is 12.8. The Bertz CT molecular complexity index is 795. The zero-order valence-electron chi connectivity index (χ0n) is 19.8. The highest BCUT2D eigenvalue weighted by molar-refractivity contribution is 7.98. The van der Waals surface area contributed by atoms with Crippen LogP contribution in [0.3, 0.4) is 0 Å². The first-order chi connectivity index (χ1) is 16.2. The summed E-state index contributed by atoms with van der Waals surface area (Å²) in [5.74, 6) is -2.19. The Labute approximate surface area is 205 Å². The first-order valence-electron chi connectivity index (χ1n) is 11.3. The molecule has 8 N–H and O–H groups in total. The third-order valence-electron chi connectivity index (χ3n) is 5.19. The van der Waals surface area contributed by atoms with Gasteiger partial charge in [-0.15, -0.1) is 0 Å². The van der Waals surface area contributed by atoms with E-state index < -0.39 is 47.9 Å². The quantitative estimate of drug-likeness (QED) is 0.174. The van der Waals surface area contributed by atoms with Crippen molar-refractivity contribution in [2.24, 2.45) is 11.5 Å². The molecule has 0 heterocycles. The molecule has 1 aromatic carbocycles. The second-order valence-electron chi connectivity index (χ2n) is 8.05. The summed E-state index contributed by atoms with van der Waals surface area (Å²) in [4.78, 5) is 49.4. The number of carboxylic acid groups (broad SMARTS) is 1. The first-order valence-corrected chi connectivity index (χ1v) is 12.7. The van der Waals surface area contributed by atoms with Gasteiger partial charge in [0.2, 0.25) is 17.7 Å². The zero-order valence-corrected chi connectivity index (χ0v) is 20.6. The summed E-state index contributed by atoms with van der Waals surface area (Å²) < 4.78 is 0. The molecular formula is C23H37N5O5S. The molecule has 0 saturated carbocycles. The van der Waals surface area contributed by atoms with Crippen LogP contribution in [0.5, 0.6) is 0 Å². The monoisotopic (exact) mass is 495 g/mol. The molecule has 0 bridgehead atoms. The van der Waals surface area contributed by atoms with E-state index in [4.69, 9.17) is 11.5 Å². The van der Waals surface area contributed by atoms with Gasteiger partial charge in [-0.2, -0.15) is 11.8 Å². The summed E-state index contributed by atoms with van der Waals surface area (Å²) in [6.07, 6.45) is 3.94. The fourth-order valence-corrected chi connectivity index (χ4v) is 3.64. The molecule has 0 fully saturated rings. The number of carbonyl (C=O) groups is 4. The van der Waals surface area contributed by atoms with Crippen LogP contribution in [0.1, 0.15) is 38.2 Å². The van der Waals surface area contributed by atoms with Gasteiger partial charge in [0.25, 0.3) is 0 Å². The minimum atomic E-state index is -1.15. The van der Waals surface area contributed by atoms with Crippen molar-refractivity contribution in [3.05, 3.63) is 35.9 Å². The van der Waals surface area contributed by atoms with Crippen molar-refractivity contribution in [3.63, 3.8) is 0 Å². The van der Waals surface area contributed by atoms with Crippen molar-refractivity contribution in [1.82, 2.24) is 16.0 Å². The van der Waals surface area contributed by atoms with E-state index in [1.54, 1.807) is 0 Å². The van der Waals surface area contributed by atoms with Crippen LogP contribution < -0.4 is 27.4 Å². The fourth-order valence-electron chi connectivity index (χ4n) is 3.17. The third kappa shape index (κ3) is 11.0. The standard InChI is InChI=1S/C23H37N5O5S/c1-15(26-21(30)17(25)14-16-8-4-3-5-9-16)20(29)27-18(11-13-34-2)22(31)28-19(23(32)33)10-6-7-12-24/h3-5,8-9,15,17-19H,6-7,10-14,24-25H2,1-2H3,(H,26,30)(H,27,29)(H,28,31)(H,32,33). The van der Waals surface area contributed by atoms with E-state index in [1.165, 1.54) is 18.7 Å². The lowest BCUT2D eigenvalue weighted by atomic mass is 10.1. The van der Waals surface area contributed by atoms with Crippen LogP contribution in [-0.4, -0.2) is 71.5 Å². The molecule has 0 radical (unpaired) electrons. The van der Waals surface area contributed by atoms with Crippen LogP contribution in [0, 0.1) is 0 Å². The Hall–Kier alpha value is -2.63. The molecule has 10 nitrogen and oxygen atoms in total. The summed E-state index contributed by atoms with van der Waals surface area (Å²) in [6.45, 7) is 1.93. The summed E-state index contributed by atoms with van der Waals surface area (Å²) in [6, 6.07) is 5.51. The van der Waals surface area contributed by atoms with Gasteiger partial charge in [0.15, 0.2) is 0 Å². The third-order valence-corrected chi connectivity index (χ3v) is 5.84. The maximum absolute atomic E-state index is 12.8. The van der Waals surface area contributed by atoms with Gasteiger partial charge < -0.3 is 32.5 Å². The van der Waals surface area contributed by atoms with Gasteiger partial charge in [0, 0.05) is 0 Å². The normalized spacial score (nSPS) is 14.4. The van der Waals surface area contributed by atoms with E-state index in [-0.39, 0.29) is 6.42 Å². The lowest BCUT2D eigenvalue weighted by molar-refractivity contribution is -0.142.